The van der Waals surface area contributed by atoms with E-state index >= 15 is 0 Å². The second kappa shape index (κ2) is 8.80. The molecule has 4 heterocycles. The molecule has 8 aromatic rings. The third-order valence-electron chi connectivity index (χ3n) is 7.88. The minimum atomic E-state index is 1.08. The number of fused-ring (bicyclic) bond motifs is 10. The number of rotatable bonds is 4. The Bertz CT molecular complexity index is 2280. The molecule has 0 N–H and O–H groups in total. The summed E-state index contributed by atoms with van der Waals surface area (Å²) in [6.07, 6.45) is 10.1. The summed E-state index contributed by atoms with van der Waals surface area (Å²) in [4.78, 5) is 4.32. The van der Waals surface area contributed by atoms with Crippen LogP contribution in [0.3, 0.4) is 0 Å². The largest absolute Gasteiger partial charge is 0.309 e. The van der Waals surface area contributed by atoms with Gasteiger partial charge in [-0.3, -0.25) is 4.98 Å². The van der Waals surface area contributed by atoms with Crippen LogP contribution in [0.2, 0.25) is 0 Å². The summed E-state index contributed by atoms with van der Waals surface area (Å²) in [6.45, 7) is 6.39. The Morgan fingerprint density at radius 3 is 2.17 bits per heavy atom. The average Bonchev–Trinajstić information content (AvgIpc) is 3.66. The Labute approximate surface area is 235 Å². The van der Waals surface area contributed by atoms with Gasteiger partial charge in [-0.1, -0.05) is 73.3 Å². The molecule has 0 saturated carbocycles. The topological polar surface area (TPSA) is 22.8 Å². The van der Waals surface area contributed by atoms with Crippen molar-refractivity contribution in [2.24, 2.45) is 0 Å². The van der Waals surface area contributed by atoms with E-state index in [-0.39, 0.29) is 0 Å². The first kappa shape index (κ1) is 23.0. The normalized spacial score (nSPS) is 12.1. The van der Waals surface area contributed by atoms with Gasteiger partial charge < -0.3 is 9.13 Å². The summed E-state index contributed by atoms with van der Waals surface area (Å²) in [7, 11) is 0. The van der Waals surface area contributed by atoms with E-state index in [0.29, 0.717) is 0 Å². The van der Waals surface area contributed by atoms with Crippen molar-refractivity contribution in [1.29, 1.82) is 0 Å². The van der Waals surface area contributed by atoms with Gasteiger partial charge in [-0.2, -0.15) is 0 Å². The number of thiophene rings is 1. The third kappa shape index (κ3) is 3.02. The molecule has 0 saturated heterocycles. The van der Waals surface area contributed by atoms with Gasteiger partial charge in [0.15, 0.2) is 0 Å². The number of para-hydroxylation sites is 2. The SMILES string of the molecule is C=Cc1c(/C=C\C)c2c3c4ccccc4n(-c4ccccc4)c3c3c4ccccc4sc3c2n1-c1ccncc1. The standard InChI is InChI=1S/C36H25N3S/c1-3-12-25-28(4-2)38(24-19-21-37-22-20-24)35-32(25)31-26-15-8-10-17-29(26)39(23-13-6-5-7-14-23)34(31)33-27-16-9-11-18-30(27)40-36(33)35/h3-22H,2H2,1H3/b12-3-. The molecular formula is C36H25N3S. The Hall–Kier alpha value is -4.93. The van der Waals surface area contributed by atoms with Gasteiger partial charge in [0.05, 0.1) is 26.9 Å². The molecule has 0 aliphatic carbocycles. The molecule has 0 aliphatic rings. The molecule has 0 atom stereocenters. The van der Waals surface area contributed by atoms with Crippen LogP contribution in [0, 0.1) is 0 Å². The van der Waals surface area contributed by atoms with E-state index in [2.05, 4.69) is 131 Å². The van der Waals surface area contributed by atoms with Crippen molar-refractivity contribution >= 4 is 76.4 Å². The van der Waals surface area contributed by atoms with Crippen LogP contribution in [-0.4, -0.2) is 14.1 Å². The lowest BCUT2D eigenvalue weighted by molar-refractivity contribution is 1.10. The van der Waals surface area contributed by atoms with Crippen molar-refractivity contribution in [3.05, 3.63) is 127 Å². The summed E-state index contributed by atoms with van der Waals surface area (Å²) in [5.74, 6) is 0. The lowest BCUT2D eigenvalue weighted by Gasteiger charge is -2.12. The fraction of sp³-hybridized carbons (Fsp3) is 0.0278. The maximum atomic E-state index is 4.32. The highest BCUT2D eigenvalue weighted by Gasteiger charge is 2.27. The van der Waals surface area contributed by atoms with Crippen LogP contribution >= 0.6 is 11.3 Å². The highest BCUT2D eigenvalue weighted by Crippen LogP contribution is 2.50. The van der Waals surface area contributed by atoms with Crippen LogP contribution in [0.1, 0.15) is 18.2 Å². The number of pyridine rings is 1. The number of nitrogens with zero attached hydrogens (tertiary/aromatic N) is 3. The van der Waals surface area contributed by atoms with Gasteiger partial charge >= 0.3 is 0 Å². The molecule has 0 bridgehead atoms. The Morgan fingerprint density at radius 1 is 0.700 bits per heavy atom. The van der Waals surface area contributed by atoms with Gasteiger partial charge in [0.25, 0.3) is 0 Å². The van der Waals surface area contributed by atoms with Crippen molar-refractivity contribution in [2.45, 2.75) is 6.92 Å². The van der Waals surface area contributed by atoms with Gasteiger partial charge in [0.1, 0.15) is 0 Å². The fourth-order valence-electron chi connectivity index (χ4n) is 6.40. The molecule has 8 rings (SSSR count). The van der Waals surface area contributed by atoms with Gasteiger partial charge in [-0.15, -0.1) is 11.3 Å². The zero-order valence-corrected chi connectivity index (χ0v) is 22.8. The molecule has 40 heavy (non-hydrogen) atoms. The van der Waals surface area contributed by atoms with Gasteiger partial charge in [0.2, 0.25) is 0 Å². The zero-order valence-electron chi connectivity index (χ0n) is 22.0. The first-order chi connectivity index (χ1) is 19.8. The van der Waals surface area contributed by atoms with E-state index in [1.165, 1.54) is 58.4 Å². The number of allylic oxidation sites excluding steroid dienone is 1. The predicted molar refractivity (Wildman–Crippen MR) is 173 cm³/mol. The molecule has 4 aromatic carbocycles. The molecule has 190 valence electrons. The van der Waals surface area contributed by atoms with Crippen LogP contribution in [0.25, 0.3) is 76.4 Å². The summed E-state index contributed by atoms with van der Waals surface area (Å²) >= 11 is 1.87. The van der Waals surface area contributed by atoms with Gasteiger partial charge in [-0.25, -0.2) is 0 Å². The summed E-state index contributed by atoms with van der Waals surface area (Å²) in [6, 6.07) is 32.5. The first-order valence-electron chi connectivity index (χ1n) is 13.5. The van der Waals surface area contributed by atoms with E-state index < -0.39 is 0 Å². The molecule has 0 amide bonds. The second-order valence-electron chi connectivity index (χ2n) is 9.98. The average molecular weight is 532 g/mol. The molecule has 4 aromatic heterocycles. The van der Waals surface area contributed by atoms with Crippen molar-refractivity contribution in [3.63, 3.8) is 0 Å². The summed E-state index contributed by atoms with van der Waals surface area (Å²) in [5.41, 5.74) is 8.18. The molecule has 0 fully saturated rings. The van der Waals surface area contributed by atoms with Gasteiger partial charge in [0, 0.05) is 61.0 Å². The van der Waals surface area contributed by atoms with Crippen LogP contribution in [0.15, 0.2) is 116 Å². The first-order valence-corrected chi connectivity index (χ1v) is 14.3. The van der Waals surface area contributed by atoms with Crippen molar-refractivity contribution in [2.75, 3.05) is 0 Å². The second-order valence-corrected chi connectivity index (χ2v) is 11.0. The molecule has 4 heteroatoms. The maximum absolute atomic E-state index is 4.32. The Kier molecular flexibility index (Phi) is 5.06. The highest BCUT2D eigenvalue weighted by molar-refractivity contribution is 7.27. The monoisotopic (exact) mass is 531 g/mol. The van der Waals surface area contributed by atoms with E-state index in [1.807, 2.05) is 29.8 Å². The number of benzene rings is 4. The zero-order chi connectivity index (χ0) is 26.8. The van der Waals surface area contributed by atoms with Crippen LogP contribution in [0.5, 0.6) is 0 Å². The molecular weight excluding hydrogens is 506 g/mol. The van der Waals surface area contributed by atoms with Crippen LogP contribution < -0.4 is 0 Å². The lowest BCUT2D eigenvalue weighted by atomic mass is 10.00. The third-order valence-corrected chi connectivity index (χ3v) is 9.06. The number of hydrogen-bond donors (Lipinski definition) is 0. The van der Waals surface area contributed by atoms with Crippen molar-refractivity contribution in [3.8, 4) is 11.4 Å². The predicted octanol–water partition coefficient (Wildman–Crippen LogP) is 10.2. The summed E-state index contributed by atoms with van der Waals surface area (Å²) < 4.78 is 7.40. The van der Waals surface area contributed by atoms with E-state index in [0.717, 1.165) is 17.1 Å². The Balaban J connectivity index is 1.79. The van der Waals surface area contributed by atoms with E-state index in [9.17, 15) is 0 Å². The Morgan fingerprint density at radius 2 is 1.40 bits per heavy atom. The van der Waals surface area contributed by atoms with Crippen molar-refractivity contribution in [1.82, 2.24) is 14.1 Å². The molecule has 0 spiro atoms. The summed E-state index contributed by atoms with van der Waals surface area (Å²) in [5, 5.41) is 6.35. The highest BCUT2D eigenvalue weighted by atomic mass is 32.1. The van der Waals surface area contributed by atoms with Crippen LogP contribution in [0.4, 0.5) is 0 Å². The van der Waals surface area contributed by atoms with E-state index in [4.69, 9.17) is 0 Å². The van der Waals surface area contributed by atoms with Crippen molar-refractivity contribution < 1.29 is 0 Å². The molecule has 0 unspecified atom stereocenters. The smallest absolute Gasteiger partial charge is 0.0727 e. The fourth-order valence-corrected chi connectivity index (χ4v) is 7.64. The molecule has 0 radical (unpaired) electrons. The minimum Gasteiger partial charge on any atom is -0.309 e. The lowest BCUT2D eigenvalue weighted by Crippen LogP contribution is -1.97. The quantitative estimate of drug-likeness (QED) is 0.221. The molecule has 3 nitrogen and oxygen atoms in total. The minimum absolute atomic E-state index is 1.08. The van der Waals surface area contributed by atoms with Crippen LogP contribution in [-0.2, 0) is 0 Å². The van der Waals surface area contributed by atoms with Gasteiger partial charge in [-0.05, 0) is 49.4 Å². The maximum Gasteiger partial charge on any atom is 0.0727 e. The molecule has 0 aliphatic heterocycles. The van der Waals surface area contributed by atoms with E-state index in [1.54, 1.807) is 0 Å². The number of aromatic nitrogens is 3. The number of hydrogen-bond acceptors (Lipinski definition) is 2.